The molecule has 2 aromatic rings. The molecule has 1 aromatic carbocycles. The first-order valence-electron chi connectivity index (χ1n) is 6.85. The first-order valence-corrected chi connectivity index (χ1v) is 6.85. The van der Waals surface area contributed by atoms with Crippen LogP contribution in [0.2, 0.25) is 0 Å². The minimum absolute atomic E-state index is 0.198. The quantitative estimate of drug-likeness (QED) is 0.881. The number of benzene rings is 1. The Morgan fingerprint density at radius 3 is 2.75 bits per heavy atom. The van der Waals surface area contributed by atoms with Crippen molar-refractivity contribution < 1.29 is 9.13 Å². The molecule has 0 amide bonds. The number of nitrogens with two attached hydrogens (primary N) is 1. The van der Waals surface area contributed by atoms with E-state index in [-0.39, 0.29) is 17.6 Å². The van der Waals surface area contributed by atoms with Gasteiger partial charge in [-0.15, -0.1) is 0 Å². The smallest absolute Gasteiger partial charge is 0.165 e. The minimum atomic E-state index is -0.328. The molecule has 0 spiro atoms. The lowest BCUT2D eigenvalue weighted by atomic mass is 10.1. The highest BCUT2D eigenvalue weighted by atomic mass is 19.1. The Morgan fingerprint density at radius 1 is 1.30 bits per heavy atom. The summed E-state index contributed by atoms with van der Waals surface area (Å²) in [6, 6.07) is 7.30. The average molecular weight is 276 g/mol. The molecule has 1 unspecified atom stereocenters. The Hall–Kier alpha value is -1.81. The Balaban J connectivity index is 2.05. The molecule has 108 valence electrons. The molecule has 2 rings (SSSR count). The monoisotopic (exact) mass is 276 g/mol. The van der Waals surface area contributed by atoms with Crippen molar-refractivity contribution in [3.63, 3.8) is 0 Å². The van der Waals surface area contributed by atoms with Gasteiger partial charge in [0, 0.05) is 25.0 Å². The van der Waals surface area contributed by atoms with Gasteiger partial charge >= 0.3 is 0 Å². The molecule has 0 aliphatic carbocycles. The maximum Gasteiger partial charge on any atom is 0.165 e. The molecule has 4 heteroatoms. The molecular formula is C16H21FN2O. The zero-order chi connectivity index (χ0) is 14.5. The van der Waals surface area contributed by atoms with Crippen molar-refractivity contribution in [3.05, 3.63) is 53.6 Å². The van der Waals surface area contributed by atoms with Gasteiger partial charge in [0.05, 0.1) is 7.11 Å². The number of nitrogens with zero attached hydrogens (tertiary/aromatic N) is 1. The normalized spacial score (nSPS) is 12.4. The number of ether oxygens (including phenoxy) is 1. The fourth-order valence-corrected chi connectivity index (χ4v) is 2.18. The van der Waals surface area contributed by atoms with Gasteiger partial charge in [0.15, 0.2) is 11.6 Å². The summed E-state index contributed by atoms with van der Waals surface area (Å²) in [7, 11) is 1.47. The second-order valence-electron chi connectivity index (χ2n) is 5.03. The van der Waals surface area contributed by atoms with Crippen LogP contribution < -0.4 is 10.5 Å². The highest BCUT2D eigenvalue weighted by Crippen LogP contribution is 2.18. The van der Waals surface area contributed by atoms with E-state index in [1.54, 1.807) is 6.07 Å². The molecule has 2 N–H and O–H groups in total. The van der Waals surface area contributed by atoms with E-state index in [1.807, 2.05) is 16.8 Å². The second-order valence-corrected chi connectivity index (χ2v) is 5.03. The molecule has 1 heterocycles. The number of rotatable bonds is 6. The number of methoxy groups -OCH3 is 1. The van der Waals surface area contributed by atoms with Gasteiger partial charge in [0.25, 0.3) is 0 Å². The second kappa shape index (κ2) is 6.57. The largest absolute Gasteiger partial charge is 0.494 e. The predicted molar refractivity (Wildman–Crippen MR) is 78.5 cm³/mol. The molecule has 0 aliphatic heterocycles. The van der Waals surface area contributed by atoms with Crippen molar-refractivity contribution in [1.82, 2.24) is 4.57 Å². The van der Waals surface area contributed by atoms with Crippen LogP contribution in [0, 0.1) is 5.82 Å². The van der Waals surface area contributed by atoms with Crippen molar-refractivity contribution in [3.8, 4) is 5.75 Å². The number of hydrogen-bond acceptors (Lipinski definition) is 2. The summed E-state index contributed by atoms with van der Waals surface area (Å²) in [5.41, 5.74) is 8.07. The third-order valence-electron chi connectivity index (χ3n) is 3.42. The maximum atomic E-state index is 13.6. The third kappa shape index (κ3) is 3.61. The molecule has 0 saturated carbocycles. The zero-order valence-electron chi connectivity index (χ0n) is 12.0. The highest BCUT2D eigenvalue weighted by Gasteiger charge is 2.06. The van der Waals surface area contributed by atoms with E-state index in [4.69, 9.17) is 10.5 Å². The molecule has 0 bridgehead atoms. The van der Waals surface area contributed by atoms with Crippen LogP contribution in [0.25, 0.3) is 0 Å². The third-order valence-corrected chi connectivity index (χ3v) is 3.42. The highest BCUT2D eigenvalue weighted by molar-refractivity contribution is 5.29. The average Bonchev–Trinajstić information content (AvgIpc) is 2.86. The van der Waals surface area contributed by atoms with Crippen molar-refractivity contribution in [2.75, 3.05) is 7.11 Å². The minimum Gasteiger partial charge on any atom is -0.494 e. The summed E-state index contributed by atoms with van der Waals surface area (Å²) in [5, 5.41) is 0. The lowest BCUT2D eigenvalue weighted by Crippen LogP contribution is -2.21. The number of hydrogen-bond donors (Lipinski definition) is 1. The SMILES string of the molecule is CCC(N)Cc1ccn(Cc2ccc(OC)c(F)c2)c1. The van der Waals surface area contributed by atoms with Crippen molar-refractivity contribution in [2.24, 2.45) is 5.73 Å². The Morgan fingerprint density at radius 2 is 2.10 bits per heavy atom. The molecule has 1 aromatic heterocycles. The van der Waals surface area contributed by atoms with Gasteiger partial charge in [-0.05, 0) is 42.2 Å². The van der Waals surface area contributed by atoms with Crippen LogP contribution in [-0.2, 0) is 13.0 Å². The van der Waals surface area contributed by atoms with Crippen LogP contribution in [0.4, 0.5) is 4.39 Å². The van der Waals surface area contributed by atoms with Gasteiger partial charge in [0.1, 0.15) is 0 Å². The van der Waals surface area contributed by atoms with Gasteiger partial charge in [-0.25, -0.2) is 4.39 Å². The fourth-order valence-electron chi connectivity index (χ4n) is 2.18. The van der Waals surface area contributed by atoms with Crippen LogP contribution in [0.1, 0.15) is 24.5 Å². The van der Waals surface area contributed by atoms with Crippen LogP contribution in [0.15, 0.2) is 36.7 Å². The summed E-state index contributed by atoms with van der Waals surface area (Å²) < 4.78 is 20.6. The van der Waals surface area contributed by atoms with Crippen LogP contribution in [0.5, 0.6) is 5.75 Å². The zero-order valence-corrected chi connectivity index (χ0v) is 12.0. The van der Waals surface area contributed by atoms with E-state index < -0.39 is 0 Å². The maximum absolute atomic E-state index is 13.6. The van der Waals surface area contributed by atoms with Gasteiger partial charge in [0.2, 0.25) is 0 Å². The van der Waals surface area contributed by atoms with Crippen molar-refractivity contribution in [2.45, 2.75) is 32.4 Å². The van der Waals surface area contributed by atoms with Crippen LogP contribution in [-0.4, -0.2) is 17.7 Å². The Labute approximate surface area is 119 Å². The van der Waals surface area contributed by atoms with E-state index in [2.05, 4.69) is 19.2 Å². The topological polar surface area (TPSA) is 40.2 Å². The first kappa shape index (κ1) is 14.6. The van der Waals surface area contributed by atoms with E-state index in [9.17, 15) is 4.39 Å². The Kier molecular flexibility index (Phi) is 4.79. The molecule has 20 heavy (non-hydrogen) atoms. The number of aromatic nitrogens is 1. The summed E-state index contributed by atoms with van der Waals surface area (Å²) in [4.78, 5) is 0. The van der Waals surface area contributed by atoms with Gasteiger partial charge in [-0.3, -0.25) is 0 Å². The summed E-state index contributed by atoms with van der Waals surface area (Å²) in [6.45, 7) is 2.73. The Bertz CT molecular complexity index is 565. The summed E-state index contributed by atoms with van der Waals surface area (Å²) in [6.07, 6.45) is 5.91. The lowest BCUT2D eigenvalue weighted by molar-refractivity contribution is 0.386. The number of halogens is 1. The lowest BCUT2D eigenvalue weighted by Gasteiger charge is -2.07. The van der Waals surface area contributed by atoms with Crippen molar-refractivity contribution in [1.29, 1.82) is 0 Å². The van der Waals surface area contributed by atoms with E-state index in [0.29, 0.717) is 6.54 Å². The first-order chi connectivity index (χ1) is 9.62. The molecule has 3 nitrogen and oxygen atoms in total. The van der Waals surface area contributed by atoms with Crippen molar-refractivity contribution >= 4 is 0 Å². The standard InChI is InChI=1S/C16H21FN2O/c1-3-14(18)8-13-6-7-19(11-13)10-12-4-5-16(20-2)15(17)9-12/h4-7,9,11,14H,3,8,10,18H2,1-2H3. The molecule has 0 fully saturated rings. The molecule has 0 aliphatic rings. The van der Waals surface area contributed by atoms with Gasteiger partial charge in [-0.1, -0.05) is 13.0 Å². The van der Waals surface area contributed by atoms with Gasteiger partial charge < -0.3 is 15.0 Å². The fraction of sp³-hybridized carbons (Fsp3) is 0.375. The van der Waals surface area contributed by atoms with E-state index in [1.165, 1.54) is 18.7 Å². The predicted octanol–water partition coefficient (Wildman–Crippen LogP) is 2.96. The van der Waals surface area contributed by atoms with Gasteiger partial charge in [-0.2, -0.15) is 0 Å². The van der Waals surface area contributed by atoms with E-state index >= 15 is 0 Å². The molecule has 0 saturated heterocycles. The molecule has 1 atom stereocenters. The summed E-state index contributed by atoms with van der Waals surface area (Å²) in [5.74, 6) is -0.0544. The van der Waals surface area contributed by atoms with Crippen LogP contribution >= 0.6 is 0 Å². The summed E-state index contributed by atoms with van der Waals surface area (Å²) >= 11 is 0. The van der Waals surface area contributed by atoms with E-state index in [0.717, 1.165) is 18.4 Å². The molecular weight excluding hydrogens is 255 g/mol. The van der Waals surface area contributed by atoms with Crippen LogP contribution in [0.3, 0.4) is 0 Å². The molecule has 0 radical (unpaired) electrons.